The molecule has 114 valence electrons. The Labute approximate surface area is 126 Å². The average Bonchev–Trinajstić information content (AvgIpc) is 2.53. The van der Waals surface area contributed by atoms with Crippen LogP contribution in [0.1, 0.15) is 19.4 Å². The van der Waals surface area contributed by atoms with E-state index in [1.165, 1.54) is 12.1 Å². The molecule has 1 heterocycles. The van der Waals surface area contributed by atoms with Gasteiger partial charge in [0.2, 0.25) is 0 Å². The van der Waals surface area contributed by atoms with Crippen molar-refractivity contribution in [2.75, 3.05) is 44.6 Å². The molecule has 1 aromatic rings. The number of halogens is 1. The van der Waals surface area contributed by atoms with Gasteiger partial charge in [0.05, 0.1) is 11.3 Å². The normalized spacial score (nSPS) is 18.2. The van der Waals surface area contributed by atoms with Crippen LogP contribution in [0.5, 0.6) is 0 Å². The van der Waals surface area contributed by atoms with Crippen molar-refractivity contribution in [3.8, 4) is 6.07 Å². The minimum absolute atomic E-state index is 0.359. The number of benzene rings is 1. The molecule has 0 radical (unpaired) electrons. The fourth-order valence-corrected chi connectivity index (χ4v) is 2.67. The first kappa shape index (κ1) is 15.7. The summed E-state index contributed by atoms with van der Waals surface area (Å²) in [6.07, 6.45) is 0. The third kappa shape index (κ3) is 4.16. The highest BCUT2D eigenvalue weighted by Gasteiger charge is 2.20. The molecular formula is C16H23FN4. The highest BCUT2D eigenvalue weighted by atomic mass is 19.1. The smallest absolute Gasteiger partial charge is 0.124 e. The van der Waals surface area contributed by atoms with Gasteiger partial charge in [0, 0.05) is 38.8 Å². The molecule has 4 nitrogen and oxygen atoms in total. The fourth-order valence-electron chi connectivity index (χ4n) is 2.67. The molecule has 1 aromatic carbocycles. The van der Waals surface area contributed by atoms with Crippen LogP contribution in [0.15, 0.2) is 18.2 Å². The van der Waals surface area contributed by atoms with Crippen molar-refractivity contribution in [3.05, 3.63) is 29.6 Å². The fraction of sp³-hybridized carbons (Fsp3) is 0.562. The Hall–Kier alpha value is -1.64. The Morgan fingerprint density at radius 3 is 2.67 bits per heavy atom. The number of nitrogens with zero attached hydrogens (tertiary/aromatic N) is 3. The predicted molar refractivity (Wildman–Crippen MR) is 82.8 cm³/mol. The molecule has 0 aliphatic carbocycles. The minimum Gasteiger partial charge on any atom is -0.382 e. The first-order chi connectivity index (χ1) is 10.1. The summed E-state index contributed by atoms with van der Waals surface area (Å²) in [6, 6.07) is 6.71. The molecule has 0 spiro atoms. The van der Waals surface area contributed by atoms with E-state index in [9.17, 15) is 4.39 Å². The van der Waals surface area contributed by atoms with E-state index in [-0.39, 0.29) is 5.82 Å². The van der Waals surface area contributed by atoms with Gasteiger partial charge in [0.25, 0.3) is 0 Å². The van der Waals surface area contributed by atoms with Gasteiger partial charge >= 0.3 is 0 Å². The maximum absolute atomic E-state index is 13.1. The summed E-state index contributed by atoms with van der Waals surface area (Å²) < 4.78 is 13.1. The van der Waals surface area contributed by atoms with E-state index in [0.29, 0.717) is 17.3 Å². The Balaban J connectivity index is 1.87. The van der Waals surface area contributed by atoms with Gasteiger partial charge in [-0.25, -0.2) is 4.39 Å². The van der Waals surface area contributed by atoms with Crippen LogP contribution in [-0.4, -0.2) is 55.1 Å². The third-order valence-electron chi connectivity index (χ3n) is 4.17. The van der Waals surface area contributed by atoms with Gasteiger partial charge in [-0.15, -0.1) is 0 Å². The quantitative estimate of drug-likeness (QED) is 0.902. The second-order valence-electron chi connectivity index (χ2n) is 5.50. The van der Waals surface area contributed by atoms with Crippen LogP contribution in [0, 0.1) is 17.1 Å². The highest BCUT2D eigenvalue weighted by Crippen LogP contribution is 2.16. The number of piperazine rings is 1. The first-order valence-corrected chi connectivity index (χ1v) is 7.54. The number of likely N-dealkylation sites (N-methyl/N-ethyl adjacent to an activating group) is 1. The lowest BCUT2D eigenvalue weighted by Crippen LogP contribution is -2.51. The van der Waals surface area contributed by atoms with Gasteiger partial charge in [-0.05, 0) is 31.7 Å². The minimum atomic E-state index is -0.374. The van der Waals surface area contributed by atoms with Crippen LogP contribution >= 0.6 is 0 Å². The molecule has 0 bridgehead atoms. The van der Waals surface area contributed by atoms with Crippen LogP contribution in [0.3, 0.4) is 0 Å². The van der Waals surface area contributed by atoms with Crippen molar-refractivity contribution in [2.45, 2.75) is 19.9 Å². The van der Waals surface area contributed by atoms with Gasteiger partial charge in [-0.2, -0.15) is 5.26 Å². The molecule has 1 fully saturated rings. The van der Waals surface area contributed by atoms with E-state index in [4.69, 9.17) is 5.26 Å². The lowest BCUT2D eigenvalue weighted by atomic mass is 10.1. The van der Waals surface area contributed by atoms with Crippen molar-refractivity contribution in [3.63, 3.8) is 0 Å². The van der Waals surface area contributed by atoms with Gasteiger partial charge in [-0.1, -0.05) is 6.92 Å². The number of hydrogen-bond donors (Lipinski definition) is 1. The molecular weight excluding hydrogens is 267 g/mol. The molecule has 2 rings (SSSR count). The average molecular weight is 290 g/mol. The summed E-state index contributed by atoms with van der Waals surface area (Å²) in [5.74, 6) is -0.374. The Morgan fingerprint density at radius 2 is 2.05 bits per heavy atom. The van der Waals surface area contributed by atoms with E-state index >= 15 is 0 Å². The van der Waals surface area contributed by atoms with E-state index in [0.717, 1.165) is 39.3 Å². The maximum Gasteiger partial charge on any atom is 0.124 e. The van der Waals surface area contributed by atoms with E-state index in [1.54, 1.807) is 6.07 Å². The van der Waals surface area contributed by atoms with Crippen LogP contribution in [-0.2, 0) is 0 Å². The number of nitrogens with one attached hydrogen (secondary N) is 1. The molecule has 1 atom stereocenters. The van der Waals surface area contributed by atoms with Crippen molar-refractivity contribution in [1.29, 1.82) is 5.26 Å². The highest BCUT2D eigenvalue weighted by molar-refractivity contribution is 5.57. The number of nitriles is 1. The zero-order valence-electron chi connectivity index (χ0n) is 12.8. The van der Waals surface area contributed by atoms with Gasteiger partial charge in [0.15, 0.2) is 0 Å². The molecule has 0 saturated carbocycles. The monoisotopic (exact) mass is 290 g/mol. The maximum atomic E-state index is 13.1. The van der Waals surface area contributed by atoms with Crippen molar-refractivity contribution >= 4 is 5.69 Å². The van der Waals surface area contributed by atoms with Crippen LogP contribution in [0.25, 0.3) is 0 Å². The van der Waals surface area contributed by atoms with Gasteiger partial charge in [-0.3, -0.25) is 4.90 Å². The van der Waals surface area contributed by atoms with Crippen LogP contribution in [0.2, 0.25) is 0 Å². The Kier molecular flexibility index (Phi) is 5.54. The van der Waals surface area contributed by atoms with Crippen molar-refractivity contribution < 1.29 is 4.39 Å². The molecule has 0 amide bonds. The summed E-state index contributed by atoms with van der Waals surface area (Å²) in [6.45, 7) is 10.6. The van der Waals surface area contributed by atoms with Crippen molar-refractivity contribution in [2.24, 2.45) is 0 Å². The molecule has 1 aliphatic rings. The number of hydrogen-bond acceptors (Lipinski definition) is 4. The lowest BCUT2D eigenvalue weighted by molar-refractivity contribution is 0.110. The van der Waals surface area contributed by atoms with Crippen LogP contribution in [0.4, 0.5) is 10.1 Å². The molecule has 0 aromatic heterocycles. The zero-order valence-corrected chi connectivity index (χ0v) is 12.8. The zero-order chi connectivity index (χ0) is 15.2. The van der Waals surface area contributed by atoms with E-state index < -0.39 is 0 Å². The van der Waals surface area contributed by atoms with Crippen molar-refractivity contribution in [1.82, 2.24) is 9.80 Å². The summed E-state index contributed by atoms with van der Waals surface area (Å²) in [5.41, 5.74) is 1.07. The second kappa shape index (κ2) is 7.39. The number of anilines is 1. The summed E-state index contributed by atoms with van der Waals surface area (Å²) in [7, 11) is 0. The molecule has 0 unspecified atom stereocenters. The topological polar surface area (TPSA) is 42.3 Å². The number of rotatable bonds is 5. The standard InChI is InChI=1S/C16H23FN4/c1-3-20-6-8-21(9-7-20)13(2)12-19-16-5-4-15(17)10-14(16)11-18/h4-5,10,13,19H,3,6-9,12H2,1-2H3/t13-/m1/s1. The molecule has 1 N–H and O–H groups in total. The lowest BCUT2D eigenvalue weighted by Gasteiger charge is -2.37. The van der Waals surface area contributed by atoms with Crippen LogP contribution < -0.4 is 5.32 Å². The molecule has 5 heteroatoms. The second-order valence-corrected chi connectivity index (χ2v) is 5.50. The van der Waals surface area contributed by atoms with Gasteiger partial charge in [0.1, 0.15) is 11.9 Å². The molecule has 21 heavy (non-hydrogen) atoms. The largest absolute Gasteiger partial charge is 0.382 e. The molecule has 1 saturated heterocycles. The first-order valence-electron chi connectivity index (χ1n) is 7.54. The summed E-state index contributed by atoms with van der Waals surface area (Å²) >= 11 is 0. The van der Waals surface area contributed by atoms with Gasteiger partial charge < -0.3 is 10.2 Å². The Bertz CT molecular complexity index is 503. The molecule has 1 aliphatic heterocycles. The predicted octanol–water partition coefficient (Wildman–Crippen LogP) is 2.14. The summed E-state index contributed by atoms with van der Waals surface area (Å²) in [5, 5.41) is 12.3. The summed E-state index contributed by atoms with van der Waals surface area (Å²) in [4.78, 5) is 4.90. The third-order valence-corrected chi connectivity index (χ3v) is 4.17. The SMILES string of the molecule is CCN1CCN([C@H](C)CNc2ccc(F)cc2C#N)CC1. The van der Waals surface area contributed by atoms with E-state index in [2.05, 4.69) is 29.0 Å². The Morgan fingerprint density at radius 1 is 1.33 bits per heavy atom. The van der Waals surface area contributed by atoms with E-state index in [1.807, 2.05) is 6.07 Å².